The summed E-state index contributed by atoms with van der Waals surface area (Å²) in [5, 5.41) is 4.37. The van der Waals surface area contributed by atoms with Gasteiger partial charge in [0.25, 0.3) is 0 Å². The van der Waals surface area contributed by atoms with Gasteiger partial charge < -0.3 is 20.5 Å². The second-order valence-electron chi connectivity index (χ2n) is 5.21. The van der Waals surface area contributed by atoms with Crippen molar-refractivity contribution in [2.24, 2.45) is 10.7 Å². The molecule has 13 heteroatoms. The summed E-state index contributed by atoms with van der Waals surface area (Å²) in [6.07, 6.45) is -10.7. The van der Waals surface area contributed by atoms with Crippen molar-refractivity contribution in [2.75, 3.05) is 12.4 Å². The summed E-state index contributed by atoms with van der Waals surface area (Å²) in [6, 6.07) is -0.226. The Bertz CT molecular complexity index is 747. The third-order valence-corrected chi connectivity index (χ3v) is 3.33. The van der Waals surface area contributed by atoms with E-state index in [1.165, 1.54) is 20.9 Å². The molecule has 0 spiro atoms. The van der Waals surface area contributed by atoms with E-state index in [1.54, 1.807) is 0 Å². The first-order valence-electron chi connectivity index (χ1n) is 7.81. The molecule has 4 N–H and O–H groups in total. The molecule has 158 valence electrons. The highest BCUT2D eigenvalue weighted by Gasteiger charge is 2.38. The standard InChI is InChI=1S/C15H18F6N4O3/c1-4-7-6-9(27-14(16,17)18)11(28-15(19,20)21)8(5-2)10(7)24-13(26)25-12(22)23-3/h6H,4-5H2,1-3H3,(H4,22,23,24,25,26). The Balaban J connectivity index is 3.57. The molecule has 0 heterocycles. The van der Waals surface area contributed by atoms with Crippen molar-refractivity contribution >= 4 is 17.7 Å². The zero-order chi connectivity index (χ0) is 21.7. The van der Waals surface area contributed by atoms with E-state index in [2.05, 4.69) is 25.1 Å². The summed E-state index contributed by atoms with van der Waals surface area (Å²) in [5.41, 5.74) is 4.94. The average Bonchev–Trinajstić information content (AvgIpc) is 2.54. The normalized spacial score (nSPS) is 12.5. The fourth-order valence-corrected chi connectivity index (χ4v) is 2.27. The summed E-state index contributed by atoms with van der Waals surface area (Å²) < 4.78 is 83.8. The van der Waals surface area contributed by atoms with Crippen molar-refractivity contribution in [1.29, 1.82) is 0 Å². The van der Waals surface area contributed by atoms with Crippen LogP contribution in [0.5, 0.6) is 11.5 Å². The van der Waals surface area contributed by atoms with Crippen molar-refractivity contribution in [3.63, 3.8) is 0 Å². The minimum absolute atomic E-state index is 0.0699. The number of nitrogens with zero attached hydrogens (tertiary/aromatic N) is 1. The number of aryl methyl sites for hydroxylation is 1. The topological polar surface area (TPSA) is 98.0 Å². The zero-order valence-corrected chi connectivity index (χ0v) is 15.0. The van der Waals surface area contributed by atoms with Gasteiger partial charge in [0.05, 0.1) is 5.69 Å². The second kappa shape index (κ2) is 8.89. The van der Waals surface area contributed by atoms with E-state index in [0.717, 1.165) is 6.07 Å². The number of alkyl halides is 6. The van der Waals surface area contributed by atoms with Crippen molar-refractivity contribution in [1.82, 2.24) is 5.32 Å². The molecule has 0 radical (unpaired) electrons. The third kappa shape index (κ3) is 6.70. The first kappa shape index (κ1) is 23.2. The molecule has 0 aliphatic heterocycles. The van der Waals surface area contributed by atoms with Crippen molar-refractivity contribution in [2.45, 2.75) is 39.4 Å². The molecule has 7 nitrogen and oxygen atoms in total. The third-order valence-electron chi connectivity index (χ3n) is 3.33. The van der Waals surface area contributed by atoms with Crippen LogP contribution >= 0.6 is 0 Å². The Morgan fingerprint density at radius 2 is 1.68 bits per heavy atom. The van der Waals surface area contributed by atoms with Gasteiger partial charge in [0.2, 0.25) is 0 Å². The van der Waals surface area contributed by atoms with Gasteiger partial charge in [-0.15, -0.1) is 26.3 Å². The molecular weight excluding hydrogens is 398 g/mol. The highest BCUT2D eigenvalue weighted by atomic mass is 19.4. The Kier molecular flexibility index (Phi) is 7.36. The lowest BCUT2D eigenvalue weighted by Gasteiger charge is -2.23. The Morgan fingerprint density at radius 1 is 1.11 bits per heavy atom. The first-order chi connectivity index (χ1) is 12.8. The minimum Gasteiger partial charge on any atom is -0.402 e. The van der Waals surface area contributed by atoms with Crippen LogP contribution in [-0.2, 0) is 12.8 Å². The van der Waals surface area contributed by atoms with Crippen LogP contribution in [0.2, 0.25) is 0 Å². The van der Waals surface area contributed by atoms with E-state index < -0.39 is 30.3 Å². The summed E-state index contributed by atoms with van der Waals surface area (Å²) >= 11 is 0. The van der Waals surface area contributed by atoms with Gasteiger partial charge in [-0.05, 0) is 24.5 Å². The molecule has 0 saturated carbocycles. The van der Waals surface area contributed by atoms with Gasteiger partial charge in [0, 0.05) is 12.6 Å². The summed E-state index contributed by atoms with van der Waals surface area (Å²) in [6.45, 7) is 2.90. The smallest absolute Gasteiger partial charge is 0.402 e. The molecule has 0 saturated heterocycles. The monoisotopic (exact) mass is 416 g/mol. The van der Waals surface area contributed by atoms with Gasteiger partial charge in [0.1, 0.15) is 0 Å². The van der Waals surface area contributed by atoms with Crippen molar-refractivity contribution < 1.29 is 40.6 Å². The number of nitrogens with one attached hydrogen (secondary N) is 2. The van der Waals surface area contributed by atoms with Crippen molar-refractivity contribution in [3.05, 3.63) is 17.2 Å². The lowest BCUT2D eigenvalue weighted by Crippen LogP contribution is -2.39. The SMILES string of the molecule is CCc1cc(OC(F)(F)F)c(OC(F)(F)F)c(CC)c1NC(=O)NC(N)=NC. The summed E-state index contributed by atoms with van der Waals surface area (Å²) in [4.78, 5) is 15.5. The van der Waals surface area contributed by atoms with Crippen LogP contribution < -0.4 is 25.8 Å². The van der Waals surface area contributed by atoms with Crippen LogP contribution in [0.15, 0.2) is 11.1 Å². The van der Waals surface area contributed by atoms with Crippen LogP contribution in [0.25, 0.3) is 0 Å². The Hall–Kier alpha value is -2.86. The number of ether oxygens (including phenoxy) is 2. The quantitative estimate of drug-likeness (QED) is 0.388. The van der Waals surface area contributed by atoms with Crippen molar-refractivity contribution in [3.8, 4) is 11.5 Å². The molecule has 0 atom stereocenters. The molecule has 1 aromatic rings. The lowest BCUT2D eigenvalue weighted by atomic mass is 10.0. The fourth-order valence-electron chi connectivity index (χ4n) is 2.27. The van der Waals surface area contributed by atoms with Crippen LogP contribution in [0.3, 0.4) is 0 Å². The molecule has 1 aromatic carbocycles. The molecular formula is C15H18F6N4O3. The fraction of sp³-hybridized carbons (Fsp3) is 0.467. The zero-order valence-electron chi connectivity index (χ0n) is 15.0. The van der Waals surface area contributed by atoms with Gasteiger partial charge in [-0.3, -0.25) is 10.3 Å². The van der Waals surface area contributed by atoms with Gasteiger partial charge in [-0.25, -0.2) is 4.79 Å². The molecule has 2 amide bonds. The number of aliphatic imine (C=N–C) groups is 1. The number of carbonyl (C=O) groups excluding carboxylic acids is 1. The first-order valence-corrected chi connectivity index (χ1v) is 7.81. The van der Waals surface area contributed by atoms with E-state index in [-0.39, 0.29) is 35.6 Å². The number of urea groups is 1. The molecule has 1 rings (SSSR count). The second-order valence-corrected chi connectivity index (χ2v) is 5.21. The lowest BCUT2D eigenvalue weighted by molar-refractivity contribution is -0.287. The highest BCUT2D eigenvalue weighted by molar-refractivity contribution is 6.02. The van der Waals surface area contributed by atoms with Crippen LogP contribution in [-0.4, -0.2) is 31.8 Å². The van der Waals surface area contributed by atoms with Gasteiger partial charge in [-0.1, -0.05) is 13.8 Å². The van der Waals surface area contributed by atoms with Crippen LogP contribution in [0.4, 0.5) is 36.8 Å². The van der Waals surface area contributed by atoms with E-state index in [4.69, 9.17) is 5.73 Å². The van der Waals surface area contributed by atoms with E-state index in [1.807, 2.05) is 0 Å². The molecule has 28 heavy (non-hydrogen) atoms. The molecule has 0 fully saturated rings. The maximum absolute atomic E-state index is 12.8. The molecule has 0 bridgehead atoms. The molecule has 0 aliphatic carbocycles. The van der Waals surface area contributed by atoms with E-state index in [9.17, 15) is 31.1 Å². The summed E-state index contributed by atoms with van der Waals surface area (Å²) in [5.74, 6) is -2.64. The highest BCUT2D eigenvalue weighted by Crippen LogP contribution is 2.44. The summed E-state index contributed by atoms with van der Waals surface area (Å²) in [7, 11) is 1.28. The molecule has 0 aromatic heterocycles. The predicted octanol–water partition coefficient (Wildman–Crippen LogP) is 3.67. The number of rotatable bonds is 5. The Morgan fingerprint density at radius 3 is 2.11 bits per heavy atom. The molecule has 0 aliphatic rings. The van der Waals surface area contributed by atoms with Gasteiger partial charge >= 0.3 is 18.8 Å². The number of halogens is 6. The number of hydrogen-bond acceptors (Lipinski definition) is 4. The molecule has 0 unspecified atom stereocenters. The number of hydrogen-bond donors (Lipinski definition) is 3. The number of anilines is 1. The number of nitrogens with two attached hydrogens (primary N) is 1. The number of amides is 2. The van der Waals surface area contributed by atoms with Gasteiger partial charge in [0.15, 0.2) is 17.5 Å². The number of carbonyl (C=O) groups is 1. The maximum atomic E-state index is 12.8. The largest absolute Gasteiger partial charge is 0.573 e. The maximum Gasteiger partial charge on any atom is 0.573 e. The van der Waals surface area contributed by atoms with Crippen LogP contribution in [0, 0.1) is 0 Å². The minimum atomic E-state index is -5.29. The number of guanidine groups is 1. The van der Waals surface area contributed by atoms with Gasteiger partial charge in [-0.2, -0.15) is 0 Å². The Labute approximate surface area is 155 Å². The van der Waals surface area contributed by atoms with E-state index >= 15 is 0 Å². The van der Waals surface area contributed by atoms with E-state index in [0.29, 0.717) is 0 Å². The van der Waals surface area contributed by atoms with Crippen LogP contribution in [0.1, 0.15) is 25.0 Å². The average molecular weight is 416 g/mol. The predicted molar refractivity (Wildman–Crippen MR) is 88.3 cm³/mol. The number of benzene rings is 1.